The normalized spacial score (nSPS) is 12.2. The van der Waals surface area contributed by atoms with Crippen LogP contribution < -0.4 is 0 Å². The average molecular weight is 288 g/mol. The Morgan fingerprint density at radius 2 is 1.50 bits per heavy atom. The third kappa shape index (κ3) is 19.3. The number of unbranched alkanes of at least 4 members (excludes halogenated alkanes) is 4. The molecule has 0 bridgehead atoms. The number of hydrogen-bond donors (Lipinski definition) is 2. The van der Waals surface area contributed by atoms with Gasteiger partial charge in [0.25, 0.3) is 0 Å². The lowest BCUT2D eigenvalue weighted by atomic mass is 9.86. The summed E-state index contributed by atoms with van der Waals surface area (Å²) in [4.78, 5) is 20.4. The van der Waals surface area contributed by atoms with E-state index in [-0.39, 0.29) is 11.3 Å². The van der Waals surface area contributed by atoms with Crippen molar-refractivity contribution in [1.82, 2.24) is 0 Å². The van der Waals surface area contributed by atoms with Gasteiger partial charge in [0.2, 0.25) is 0 Å². The van der Waals surface area contributed by atoms with Crippen LogP contribution in [0, 0.1) is 11.3 Å². The molecule has 1 atom stereocenters. The summed E-state index contributed by atoms with van der Waals surface area (Å²) in [5.74, 6) is -1.59. The summed E-state index contributed by atoms with van der Waals surface area (Å²) in [6.07, 6.45) is 6.62. The highest BCUT2D eigenvalue weighted by Crippen LogP contribution is 2.23. The first kappa shape index (κ1) is 21.2. The van der Waals surface area contributed by atoms with Crippen molar-refractivity contribution in [2.24, 2.45) is 11.3 Å². The second kappa shape index (κ2) is 11.7. The van der Waals surface area contributed by atoms with E-state index in [1.165, 1.54) is 19.3 Å². The smallest absolute Gasteiger partial charge is 0.306 e. The van der Waals surface area contributed by atoms with Crippen LogP contribution in [0.1, 0.15) is 79.6 Å². The molecule has 0 aromatic heterocycles. The van der Waals surface area contributed by atoms with Gasteiger partial charge in [0.1, 0.15) is 0 Å². The molecule has 0 rings (SSSR count). The van der Waals surface area contributed by atoms with Crippen LogP contribution in [-0.4, -0.2) is 22.2 Å². The standard InChI is InChI=1S/2C8H16O2/c1-6(7(9)10)5-8(2,3)4;1-2-3-4-5-6-7-8(9)10/h6H,5H2,1-4H3,(H,9,10);2-7H2,1H3,(H,9,10). The first-order valence-electron chi connectivity index (χ1n) is 7.54. The minimum Gasteiger partial charge on any atom is -0.481 e. The summed E-state index contributed by atoms with van der Waals surface area (Å²) >= 11 is 0. The van der Waals surface area contributed by atoms with E-state index in [1.54, 1.807) is 6.92 Å². The summed E-state index contributed by atoms with van der Waals surface area (Å²) in [5.41, 5.74) is 0.123. The van der Waals surface area contributed by atoms with Crippen LogP contribution in [0.4, 0.5) is 0 Å². The Kier molecular flexibility index (Phi) is 12.5. The Morgan fingerprint density at radius 3 is 1.80 bits per heavy atom. The summed E-state index contributed by atoms with van der Waals surface area (Å²) in [6.45, 7) is 10.0. The molecule has 0 saturated heterocycles. The Labute approximate surface area is 123 Å². The molecule has 0 saturated carbocycles. The van der Waals surface area contributed by atoms with E-state index in [0.29, 0.717) is 6.42 Å². The molecule has 4 heteroatoms. The molecule has 2 N–H and O–H groups in total. The number of carboxylic acid groups (broad SMARTS) is 2. The Bertz CT molecular complexity index is 266. The van der Waals surface area contributed by atoms with E-state index in [1.807, 2.05) is 20.8 Å². The number of carbonyl (C=O) groups is 2. The van der Waals surface area contributed by atoms with Crippen molar-refractivity contribution >= 4 is 11.9 Å². The van der Waals surface area contributed by atoms with Gasteiger partial charge < -0.3 is 10.2 Å². The molecule has 0 amide bonds. The molecule has 0 heterocycles. The van der Waals surface area contributed by atoms with Gasteiger partial charge in [-0.2, -0.15) is 0 Å². The predicted octanol–water partition coefficient (Wildman–Crippen LogP) is 4.57. The predicted molar refractivity (Wildman–Crippen MR) is 81.9 cm³/mol. The molecular weight excluding hydrogens is 256 g/mol. The summed E-state index contributed by atoms with van der Waals surface area (Å²) in [5, 5.41) is 16.8. The summed E-state index contributed by atoms with van der Waals surface area (Å²) in [6, 6.07) is 0. The second-order valence-electron chi connectivity index (χ2n) is 6.56. The Hall–Kier alpha value is -1.06. The molecule has 0 radical (unpaired) electrons. The van der Waals surface area contributed by atoms with Crippen molar-refractivity contribution < 1.29 is 19.8 Å². The maximum absolute atomic E-state index is 10.4. The highest BCUT2D eigenvalue weighted by atomic mass is 16.4. The molecule has 4 nitrogen and oxygen atoms in total. The molecule has 120 valence electrons. The zero-order valence-electron chi connectivity index (χ0n) is 13.7. The Balaban J connectivity index is 0. The lowest BCUT2D eigenvalue weighted by Gasteiger charge is -2.20. The highest BCUT2D eigenvalue weighted by molar-refractivity contribution is 5.69. The van der Waals surface area contributed by atoms with Gasteiger partial charge in [0.15, 0.2) is 0 Å². The molecule has 0 aromatic carbocycles. The van der Waals surface area contributed by atoms with Crippen LogP contribution in [0.25, 0.3) is 0 Å². The molecule has 0 aliphatic rings. The third-order valence-corrected chi connectivity index (χ3v) is 2.83. The van der Waals surface area contributed by atoms with Crippen LogP contribution in [-0.2, 0) is 9.59 Å². The van der Waals surface area contributed by atoms with Crippen LogP contribution in [0.15, 0.2) is 0 Å². The monoisotopic (exact) mass is 288 g/mol. The maximum atomic E-state index is 10.4. The van der Waals surface area contributed by atoms with Crippen molar-refractivity contribution in [3.63, 3.8) is 0 Å². The largest absolute Gasteiger partial charge is 0.481 e. The molecule has 20 heavy (non-hydrogen) atoms. The van der Waals surface area contributed by atoms with Gasteiger partial charge in [-0.25, -0.2) is 0 Å². The van der Waals surface area contributed by atoms with Gasteiger partial charge in [0, 0.05) is 6.42 Å². The van der Waals surface area contributed by atoms with Crippen molar-refractivity contribution in [2.75, 3.05) is 0 Å². The van der Waals surface area contributed by atoms with Gasteiger partial charge in [0.05, 0.1) is 5.92 Å². The van der Waals surface area contributed by atoms with E-state index in [2.05, 4.69) is 6.92 Å². The van der Waals surface area contributed by atoms with E-state index in [4.69, 9.17) is 10.2 Å². The van der Waals surface area contributed by atoms with Gasteiger partial charge in [-0.15, -0.1) is 0 Å². The van der Waals surface area contributed by atoms with Gasteiger partial charge >= 0.3 is 11.9 Å². The van der Waals surface area contributed by atoms with Gasteiger partial charge in [-0.05, 0) is 18.3 Å². The topological polar surface area (TPSA) is 74.6 Å². The van der Waals surface area contributed by atoms with Crippen molar-refractivity contribution in [3.8, 4) is 0 Å². The maximum Gasteiger partial charge on any atom is 0.306 e. The number of aliphatic carboxylic acids is 2. The quantitative estimate of drug-likeness (QED) is 0.641. The van der Waals surface area contributed by atoms with Gasteiger partial charge in [-0.3, -0.25) is 9.59 Å². The lowest BCUT2D eigenvalue weighted by Crippen LogP contribution is -2.17. The fraction of sp³-hybridized carbons (Fsp3) is 0.875. The highest BCUT2D eigenvalue weighted by Gasteiger charge is 2.19. The SMILES string of the molecule is CC(CC(C)(C)C)C(=O)O.CCCCCCCC(=O)O. The minimum absolute atomic E-state index is 0.123. The van der Waals surface area contributed by atoms with Crippen molar-refractivity contribution in [2.45, 2.75) is 79.6 Å². The molecule has 0 spiro atoms. The number of carboxylic acids is 2. The molecular formula is C16H32O4. The van der Waals surface area contributed by atoms with Gasteiger partial charge in [-0.1, -0.05) is 60.3 Å². The first-order valence-corrected chi connectivity index (χ1v) is 7.54. The minimum atomic E-state index is -0.699. The van der Waals surface area contributed by atoms with E-state index in [0.717, 1.165) is 19.3 Å². The fourth-order valence-electron chi connectivity index (χ4n) is 1.89. The van der Waals surface area contributed by atoms with Crippen molar-refractivity contribution in [1.29, 1.82) is 0 Å². The molecule has 0 aliphatic heterocycles. The zero-order valence-corrected chi connectivity index (χ0v) is 13.7. The number of hydrogen-bond acceptors (Lipinski definition) is 2. The van der Waals surface area contributed by atoms with E-state index >= 15 is 0 Å². The fourth-order valence-corrected chi connectivity index (χ4v) is 1.89. The third-order valence-electron chi connectivity index (χ3n) is 2.83. The summed E-state index contributed by atoms with van der Waals surface area (Å²) < 4.78 is 0. The second-order valence-corrected chi connectivity index (χ2v) is 6.56. The average Bonchev–Trinajstić information content (AvgIpc) is 2.27. The van der Waals surface area contributed by atoms with Crippen molar-refractivity contribution in [3.05, 3.63) is 0 Å². The molecule has 0 aromatic rings. The van der Waals surface area contributed by atoms with Crippen LogP contribution in [0.5, 0.6) is 0 Å². The van der Waals surface area contributed by atoms with E-state index in [9.17, 15) is 9.59 Å². The lowest BCUT2D eigenvalue weighted by molar-refractivity contribution is -0.142. The van der Waals surface area contributed by atoms with Crippen LogP contribution >= 0.6 is 0 Å². The van der Waals surface area contributed by atoms with Crippen LogP contribution in [0.3, 0.4) is 0 Å². The van der Waals surface area contributed by atoms with E-state index < -0.39 is 11.9 Å². The molecule has 0 fully saturated rings. The summed E-state index contributed by atoms with van der Waals surface area (Å²) in [7, 11) is 0. The molecule has 0 aliphatic carbocycles. The molecule has 1 unspecified atom stereocenters. The first-order chi connectivity index (χ1) is 9.10. The Morgan fingerprint density at radius 1 is 1.00 bits per heavy atom. The zero-order chi connectivity index (χ0) is 16.2. The number of rotatable bonds is 8. The van der Waals surface area contributed by atoms with Crippen LogP contribution in [0.2, 0.25) is 0 Å².